The van der Waals surface area contributed by atoms with Gasteiger partial charge in [-0.1, -0.05) is 0 Å². The van der Waals surface area contributed by atoms with Gasteiger partial charge in [-0.2, -0.15) is 0 Å². The Hall–Kier alpha value is -1.91. The largest absolute Gasteiger partial charge is 0.270 e. The van der Waals surface area contributed by atoms with Crippen LogP contribution < -0.4 is 10.4 Å². The van der Waals surface area contributed by atoms with Crippen LogP contribution in [0, 0.1) is 4.91 Å². The molecule has 15 heavy (non-hydrogen) atoms. The van der Waals surface area contributed by atoms with Gasteiger partial charge in [0.05, 0.1) is 5.69 Å². The molecule has 1 aromatic carbocycles. The van der Waals surface area contributed by atoms with E-state index < -0.39 is 5.54 Å². The molecule has 1 aliphatic rings. The molecule has 1 aromatic rings. The second-order valence-electron chi connectivity index (χ2n) is 3.94. The zero-order valence-electron chi connectivity index (χ0n) is 8.52. The van der Waals surface area contributed by atoms with Gasteiger partial charge in [-0.15, -0.1) is 4.91 Å². The van der Waals surface area contributed by atoms with Gasteiger partial charge in [0.1, 0.15) is 11.2 Å². The Bertz CT molecular complexity index is 411. The number of nitrogens with zero attached hydrogens (tertiary/aromatic N) is 2. The Labute approximate surface area is 87.0 Å². The van der Waals surface area contributed by atoms with Gasteiger partial charge in [0.25, 0.3) is 5.91 Å². The van der Waals surface area contributed by atoms with Gasteiger partial charge >= 0.3 is 0 Å². The molecule has 0 bridgehead atoms. The van der Waals surface area contributed by atoms with Crippen LogP contribution in [0.25, 0.3) is 0 Å². The van der Waals surface area contributed by atoms with Crippen molar-refractivity contribution in [2.75, 3.05) is 5.01 Å². The van der Waals surface area contributed by atoms with Crippen molar-refractivity contribution in [1.29, 1.82) is 0 Å². The van der Waals surface area contributed by atoms with E-state index in [0.29, 0.717) is 5.69 Å². The third-order valence-electron chi connectivity index (χ3n) is 2.54. The van der Waals surface area contributed by atoms with Gasteiger partial charge in [-0.3, -0.25) is 15.2 Å². The Morgan fingerprint density at radius 2 is 1.87 bits per heavy atom. The number of hydrazine groups is 1. The summed E-state index contributed by atoms with van der Waals surface area (Å²) < 4.78 is 0. The summed E-state index contributed by atoms with van der Waals surface area (Å²) in [6, 6.07) is 6.72. The molecule has 0 atom stereocenters. The molecule has 78 valence electrons. The van der Waals surface area contributed by atoms with Crippen LogP contribution in [0.1, 0.15) is 13.8 Å². The van der Waals surface area contributed by atoms with E-state index in [4.69, 9.17) is 0 Å². The Morgan fingerprint density at radius 3 is 2.27 bits per heavy atom. The molecule has 0 saturated carbocycles. The number of nitrogens with one attached hydrogen (secondary N) is 1. The summed E-state index contributed by atoms with van der Waals surface area (Å²) in [5, 5.41) is 4.56. The lowest BCUT2D eigenvalue weighted by Gasteiger charge is -2.48. The summed E-state index contributed by atoms with van der Waals surface area (Å²) in [4.78, 5) is 21.5. The van der Waals surface area contributed by atoms with E-state index in [-0.39, 0.29) is 5.91 Å². The van der Waals surface area contributed by atoms with Crippen LogP contribution in [0.5, 0.6) is 0 Å². The first kappa shape index (κ1) is 9.64. The van der Waals surface area contributed by atoms with Crippen LogP contribution in [-0.4, -0.2) is 11.4 Å². The molecule has 0 aromatic heterocycles. The molecule has 2 rings (SSSR count). The minimum Gasteiger partial charge on any atom is -0.270 e. The molecule has 0 radical (unpaired) electrons. The van der Waals surface area contributed by atoms with Crippen molar-refractivity contribution in [3.8, 4) is 0 Å². The second kappa shape index (κ2) is 3.05. The lowest BCUT2D eigenvalue weighted by atomic mass is 9.98. The molecule has 0 aliphatic carbocycles. The number of hydrogen-bond donors (Lipinski definition) is 1. The molecule has 1 aliphatic heterocycles. The van der Waals surface area contributed by atoms with E-state index in [0.717, 1.165) is 5.69 Å². The smallest absolute Gasteiger partial charge is 0.265 e. The maximum Gasteiger partial charge on any atom is 0.265 e. The first-order chi connectivity index (χ1) is 7.05. The number of carbonyl (C=O) groups is 1. The fourth-order valence-corrected chi connectivity index (χ4v) is 1.48. The van der Waals surface area contributed by atoms with Crippen molar-refractivity contribution < 1.29 is 4.79 Å². The number of rotatable bonds is 2. The lowest BCUT2D eigenvalue weighted by Crippen LogP contribution is -2.73. The van der Waals surface area contributed by atoms with Crippen LogP contribution in [0.4, 0.5) is 11.4 Å². The topological polar surface area (TPSA) is 61.8 Å². The summed E-state index contributed by atoms with van der Waals surface area (Å²) in [6.45, 7) is 3.66. The molecular weight excluding hydrogens is 194 g/mol. The van der Waals surface area contributed by atoms with E-state index in [1.54, 1.807) is 29.3 Å². The molecule has 5 heteroatoms. The predicted molar refractivity (Wildman–Crippen MR) is 56.6 cm³/mol. The first-order valence-electron chi connectivity index (χ1n) is 4.60. The summed E-state index contributed by atoms with van der Waals surface area (Å²) in [7, 11) is 0. The molecule has 1 fully saturated rings. The van der Waals surface area contributed by atoms with Crippen molar-refractivity contribution >= 4 is 17.3 Å². The standard InChI is InChI=1S/C10H11N3O2/c1-10(2)9(14)11-13(10)8-5-3-7(12-15)4-6-8/h3-6H,1-2H3,(H,11,14). The molecule has 0 spiro atoms. The summed E-state index contributed by atoms with van der Waals surface area (Å²) >= 11 is 0. The van der Waals surface area contributed by atoms with Gasteiger partial charge in [-0.05, 0) is 43.3 Å². The minimum absolute atomic E-state index is 0.0138. The number of benzene rings is 1. The Morgan fingerprint density at radius 1 is 1.27 bits per heavy atom. The van der Waals surface area contributed by atoms with Crippen LogP contribution >= 0.6 is 0 Å². The van der Waals surface area contributed by atoms with Gasteiger partial charge in [0, 0.05) is 0 Å². The molecule has 1 saturated heterocycles. The van der Waals surface area contributed by atoms with E-state index in [1.165, 1.54) is 0 Å². The highest BCUT2D eigenvalue weighted by molar-refractivity contribution is 5.97. The number of nitroso groups, excluding NO2 is 1. The van der Waals surface area contributed by atoms with Crippen LogP contribution in [0.3, 0.4) is 0 Å². The van der Waals surface area contributed by atoms with Crippen LogP contribution in [0.2, 0.25) is 0 Å². The fraction of sp³-hybridized carbons (Fsp3) is 0.300. The van der Waals surface area contributed by atoms with Gasteiger partial charge in [0.2, 0.25) is 0 Å². The quantitative estimate of drug-likeness (QED) is 0.747. The lowest BCUT2D eigenvalue weighted by molar-refractivity contribution is -0.133. The summed E-state index contributed by atoms with van der Waals surface area (Å²) in [5.74, 6) is -0.0138. The van der Waals surface area contributed by atoms with Crippen molar-refractivity contribution in [2.45, 2.75) is 19.4 Å². The van der Waals surface area contributed by atoms with Gasteiger partial charge in [0.15, 0.2) is 0 Å². The Kier molecular flexibility index (Phi) is 1.96. The molecule has 1 amide bonds. The SMILES string of the molecule is CC1(C)C(=O)NN1c1ccc(N=O)cc1. The molecule has 0 unspecified atom stereocenters. The minimum atomic E-state index is -0.532. The van der Waals surface area contributed by atoms with Crippen molar-refractivity contribution in [3.63, 3.8) is 0 Å². The molecule has 5 nitrogen and oxygen atoms in total. The Balaban J connectivity index is 2.25. The average Bonchev–Trinajstić information content (AvgIpc) is 2.26. The van der Waals surface area contributed by atoms with E-state index in [1.807, 2.05) is 13.8 Å². The van der Waals surface area contributed by atoms with Crippen LogP contribution in [-0.2, 0) is 4.79 Å². The number of anilines is 1. The van der Waals surface area contributed by atoms with Crippen molar-refractivity contribution in [1.82, 2.24) is 5.43 Å². The van der Waals surface area contributed by atoms with E-state index >= 15 is 0 Å². The highest BCUT2D eigenvalue weighted by atomic mass is 16.3. The maximum atomic E-state index is 11.2. The third kappa shape index (κ3) is 1.36. The summed E-state index contributed by atoms with van der Waals surface area (Å²) in [6.07, 6.45) is 0. The third-order valence-corrected chi connectivity index (χ3v) is 2.54. The van der Waals surface area contributed by atoms with Gasteiger partial charge in [-0.25, -0.2) is 0 Å². The van der Waals surface area contributed by atoms with Crippen molar-refractivity contribution in [2.24, 2.45) is 5.18 Å². The fourth-order valence-electron chi connectivity index (χ4n) is 1.48. The number of hydrogen-bond acceptors (Lipinski definition) is 4. The predicted octanol–water partition coefficient (Wildman–Crippen LogP) is 1.71. The second-order valence-corrected chi connectivity index (χ2v) is 3.94. The first-order valence-corrected chi connectivity index (χ1v) is 4.60. The zero-order valence-corrected chi connectivity index (χ0v) is 8.52. The zero-order chi connectivity index (χ0) is 11.1. The highest BCUT2D eigenvalue weighted by Gasteiger charge is 2.45. The molecule has 1 N–H and O–H groups in total. The summed E-state index contributed by atoms with van der Waals surface area (Å²) in [5.41, 5.74) is 3.36. The highest BCUT2D eigenvalue weighted by Crippen LogP contribution is 2.29. The number of carbonyl (C=O) groups excluding carboxylic acids is 1. The van der Waals surface area contributed by atoms with E-state index in [2.05, 4.69) is 10.6 Å². The van der Waals surface area contributed by atoms with Crippen LogP contribution in [0.15, 0.2) is 29.4 Å². The van der Waals surface area contributed by atoms with E-state index in [9.17, 15) is 9.70 Å². The van der Waals surface area contributed by atoms with Crippen molar-refractivity contribution in [3.05, 3.63) is 29.2 Å². The molecular formula is C10H11N3O2. The molecule has 1 heterocycles. The van der Waals surface area contributed by atoms with Gasteiger partial charge < -0.3 is 0 Å². The monoisotopic (exact) mass is 205 g/mol. The maximum absolute atomic E-state index is 11.2. The average molecular weight is 205 g/mol. The normalized spacial score (nSPS) is 18.0. The number of amides is 1.